The van der Waals surface area contributed by atoms with Crippen LogP contribution >= 0.6 is 0 Å². The molecule has 4 aromatic rings. The molecule has 7 nitrogen and oxygen atoms in total. The number of benzene rings is 1. The molecule has 0 aliphatic carbocycles. The lowest BCUT2D eigenvalue weighted by Gasteiger charge is -2.17. The molecule has 4 rings (SSSR count). The van der Waals surface area contributed by atoms with Crippen LogP contribution in [0.4, 0.5) is 0 Å². The van der Waals surface area contributed by atoms with Crippen molar-refractivity contribution in [3.05, 3.63) is 85.8 Å². The van der Waals surface area contributed by atoms with E-state index in [1.165, 1.54) is 0 Å². The highest BCUT2D eigenvalue weighted by Crippen LogP contribution is 2.27. The molecular formula is C26H28N2O5. The van der Waals surface area contributed by atoms with Crippen LogP contribution in [0.15, 0.2) is 61.0 Å². The zero-order valence-electron chi connectivity index (χ0n) is 19.2. The summed E-state index contributed by atoms with van der Waals surface area (Å²) in [6, 6.07) is 11.2. The van der Waals surface area contributed by atoms with Gasteiger partial charge >= 0.3 is 11.3 Å². The minimum Gasteiger partial charge on any atom is -0.414 e. The molecule has 0 amide bonds. The molecule has 7 heteroatoms. The van der Waals surface area contributed by atoms with Gasteiger partial charge in [0, 0.05) is 11.7 Å². The van der Waals surface area contributed by atoms with Crippen molar-refractivity contribution in [3.8, 4) is 0 Å². The van der Waals surface area contributed by atoms with Crippen molar-refractivity contribution in [1.29, 1.82) is 0 Å². The Morgan fingerprint density at radius 2 is 1.67 bits per heavy atom. The monoisotopic (exact) mass is 448 g/mol. The van der Waals surface area contributed by atoms with Gasteiger partial charge in [0.1, 0.15) is 0 Å². The van der Waals surface area contributed by atoms with Crippen molar-refractivity contribution in [2.45, 2.75) is 40.0 Å². The Labute approximate surface area is 191 Å². The van der Waals surface area contributed by atoms with Crippen LogP contribution in [0.25, 0.3) is 16.7 Å². The quantitative estimate of drug-likeness (QED) is 0.283. The first-order valence-electron chi connectivity index (χ1n) is 11.4. The smallest absolute Gasteiger partial charge is 0.414 e. The van der Waals surface area contributed by atoms with Gasteiger partial charge in [0.25, 0.3) is 0 Å². The number of ketones is 1. The van der Waals surface area contributed by atoms with Gasteiger partial charge in [-0.15, -0.1) is 0 Å². The van der Waals surface area contributed by atoms with E-state index in [1.54, 1.807) is 12.1 Å². The van der Waals surface area contributed by atoms with E-state index < -0.39 is 11.3 Å². The van der Waals surface area contributed by atoms with Crippen LogP contribution < -0.4 is 11.3 Å². The van der Waals surface area contributed by atoms with Crippen LogP contribution in [0.3, 0.4) is 0 Å². The molecule has 0 bridgehead atoms. The Bertz CT molecular complexity index is 1420. The first-order valence-corrected chi connectivity index (χ1v) is 11.4. The summed E-state index contributed by atoms with van der Waals surface area (Å²) in [5.41, 5.74) is 1.26. The SMILES string of the molecule is CCc1cc2ccccn2c1C(=O)c1ccc(CCCN(CC)CC)c2oc(=O)c(=O)oc12. The lowest BCUT2D eigenvalue weighted by molar-refractivity contribution is 0.103. The number of fused-ring (bicyclic) bond motifs is 2. The molecule has 0 aliphatic heterocycles. The fourth-order valence-corrected chi connectivity index (χ4v) is 4.33. The molecule has 0 fully saturated rings. The van der Waals surface area contributed by atoms with Gasteiger partial charge in [0.05, 0.1) is 11.3 Å². The first-order chi connectivity index (χ1) is 16.0. The number of aryl methyl sites for hydroxylation is 2. The second kappa shape index (κ2) is 9.58. The Hall–Kier alpha value is -3.45. The van der Waals surface area contributed by atoms with E-state index in [-0.39, 0.29) is 22.5 Å². The predicted molar refractivity (Wildman–Crippen MR) is 127 cm³/mol. The van der Waals surface area contributed by atoms with Crippen molar-refractivity contribution >= 4 is 22.5 Å². The Balaban J connectivity index is 1.81. The average Bonchev–Trinajstić information content (AvgIpc) is 3.21. The minimum atomic E-state index is -1.12. The molecule has 0 unspecified atom stereocenters. The van der Waals surface area contributed by atoms with Crippen LogP contribution in [0.1, 0.15) is 54.4 Å². The Kier molecular flexibility index (Phi) is 6.60. The van der Waals surface area contributed by atoms with Gasteiger partial charge in [0.15, 0.2) is 11.2 Å². The summed E-state index contributed by atoms with van der Waals surface area (Å²) in [6.45, 7) is 9.03. The molecule has 3 aromatic heterocycles. The van der Waals surface area contributed by atoms with E-state index in [2.05, 4.69) is 18.7 Å². The lowest BCUT2D eigenvalue weighted by atomic mass is 9.99. The molecule has 0 saturated heterocycles. The van der Waals surface area contributed by atoms with Gasteiger partial charge in [-0.25, -0.2) is 9.59 Å². The molecule has 0 atom stereocenters. The second-order valence-electron chi connectivity index (χ2n) is 8.04. The second-order valence-corrected chi connectivity index (χ2v) is 8.04. The molecule has 3 heterocycles. The fourth-order valence-electron chi connectivity index (χ4n) is 4.33. The number of rotatable bonds is 9. The highest BCUT2D eigenvalue weighted by molar-refractivity contribution is 6.15. The molecule has 1 aromatic carbocycles. The third-order valence-corrected chi connectivity index (χ3v) is 6.16. The van der Waals surface area contributed by atoms with Crippen LogP contribution in [-0.4, -0.2) is 34.7 Å². The molecule has 172 valence electrons. The number of carbonyl (C=O) groups excluding carboxylic acids is 1. The minimum absolute atomic E-state index is 0.0258. The summed E-state index contributed by atoms with van der Waals surface area (Å²) in [7, 11) is 0. The van der Waals surface area contributed by atoms with Crippen LogP contribution in [0.2, 0.25) is 0 Å². The molecule has 0 saturated carbocycles. The molecule has 0 aliphatic rings. The third-order valence-electron chi connectivity index (χ3n) is 6.16. The maximum Gasteiger partial charge on any atom is 0.423 e. The summed E-state index contributed by atoms with van der Waals surface area (Å²) >= 11 is 0. The highest BCUT2D eigenvalue weighted by atomic mass is 16.5. The van der Waals surface area contributed by atoms with E-state index in [4.69, 9.17) is 8.83 Å². The van der Waals surface area contributed by atoms with Gasteiger partial charge in [-0.1, -0.05) is 32.9 Å². The number of pyridine rings is 1. The van der Waals surface area contributed by atoms with Crippen molar-refractivity contribution in [3.63, 3.8) is 0 Å². The summed E-state index contributed by atoms with van der Waals surface area (Å²) in [4.78, 5) is 40.0. The van der Waals surface area contributed by atoms with E-state index in [0.717, 1.165) is 42.7 Å². The number of hydrogen-bond donors (Lipinski definition) is 0. The van der Waals surface area contributed by atoms with Gasteiger partial charge in [-0.2, -0.15) is 0 Å². The van der Waals surface area contributed by atoms with Crippen molar-refractivity contribution in [2.75, 3.05) is 19.6 Å². The normalized spacial score (nSPS) is 11.6. The largest absolute Gasteiger partial charge is 0.423 e. The number of aromatic nitrogens is 1. The van der Waals surface area contributed by atoms with Crippen LogP contribution in [0.5, 0.6) is 0 Å². The molecular weight excluding hydrogens is 420 g/mol. The van der Waals surface area contributed by atoms with E-state index in [9.17, 15) is 14.4 Å². The van der Waals surface area contributed by atoms with Gasteiger partial charge in [-0.3, -0.25) is 4.79 Å². The van der Waals surface area contributed by atoms with Crippen LogP contribution in [0, 0.1) is 0 Å². The number of nitrogens with zero attached hydrogens (tertiary/aromatic N) is 2. The fraction of sp³-hybridized carbons (Fsp3) is 0.346. The molecule has 0 radical (unpaired) electrons. The maximum atomic E-state index is 13.7. The Morgan fingerprint density at radius 3 is 2.36 bits per heavy atom. The standard InChI is InChI=1S/C26H28N2O5/c1-4-17-16-19-11-7-8-15-28(19)21(17)22(29)20-13-12-18(10-9-14-27(5-2)6-3)23-24(20)33-26(31)25(30)32-23/h7-8,11-13,15-16H,4-6,9-10,14H2,1-3H3. The summed E-state index contributed by atoms with van der Waals surface area (Å²) in [6.07, 6.45) is 3.98. The number of carbonyl (C=O) groups is 1. The summed E-state index contributed by atoms with van der Waals surface area (Å²) in [5, 5.41) is 0. The van der Waals surface area contributed by atoms with Crippen molar-refractivity contribution in [1.82, 2.24) is 9.30 Å². The van der Waals surface area contributed by atoms with Gasteiger partial charge in [0.2, 0.25) is 5.78 Å². The van der Waals surface area contributed by atoms with Crippen LogP contribution in [-0.2, 0) is 12.8 Å². The molecule has 0 spiro atoms. The zero-order chi connectivity index (χ0) is 23.5. The van der Waals surface area contributed by atoms with Crippen molar-refractivity contribution in [2.24, 2.45) is 0 Å². The van der Waals surface area contributed by atoms with Crippen molar-refractivity contribution < 1.29 is 13.6 Å². The van der Waals surface area contributed by atoms with Gasteiger partial charge in [-0.05, 0) is 74.3 Å². The number of hydrogen-bond acceptors (Lipinski definition) is 6. The zero-order valence-corrected chi connectivity index (χ0v) is 19.2. The molecule has 33 heavy (non-hydrogen) atoms. The predicted octanol–water partition coefficient (Wildman–Crippen LogP) is 4.07. The van der Waals surface area contributed by atoms with E-state index in [1.807, 2.05) is 41.8 Å². The Morgan fingerprint density at radius 1 is 0.939 bits per heavy atom. The first kappa shape index (κ1) is 22.7. The topological polar surface area (TPSA) is 85.1 Å². The van der Waals surface area contributed by atoms with E-state index in [0.29, 0.717) is 18.5 Å². The summed E-state index contributed by atoms with van der Waals surface area (Å²) < 4.78 is 12.5. The van der Waals surface area contributed by atoms with Gasteiger partial charge < -0.3 is 18.1 Å². The third kappa shape index (κ3) is 4.28. The lowest BCUT2D eigenvalue weighted by Crippen LogP contribution is -2.24. The van der Waals surface area contributed by atoms with E-state index >= 15 is 0 Å². The molecule has 0 N–H and O–H groups in total. The maximum absolute atomic E-state index is 13.7. The summed E-state index contributed by atoms with van der Waals surface area (Å²) in [5.74, 6) is -0.283. The highest BCUT2D eigenvalue weighted by Gasteiger charge is 2.24. The average molecular weight is 449 g/mol.